The third kappa shape index (κ3) is 3.77. The number of benzene rings is 1. The molecular formula is C14H19FN2O2. The number of hydrogen-bond donors (Lipinski definition) is 1. The molecule has 0 radical (unpaired) electrons. The maximum absolute atomic E-state index is 13.6. The van der Waals surface area contributed by atoms with Crippen molar-refractivity contribution < 1.29 is 14.0 Å². The van der Waals surface area contributed by atoms with Crippen LogP contribution in [0.1, 0.15) is 25.8 Å². The number of nitrogens with zero attached hydrogens (tertiary/aromatic N) is 1. The SMILES string of the molecule is CCC(=O)N(Cc1ccccc1F)[C@@H](C)C(=O)NC. The first-order chi connectivity index (χ1) is 9.01. The molecule has 0 aliphatic heterocycles. The average Bonchev–Trinajstić information content (AvgIpc) is 2.44. The van der Waals surface area contributed by atoms with E-state index in [2.05, 4.69) is 5.32 Å². The summed E-state index contributed by atoms with van der Waals surface area (Å²) in [4.78, 5) is 24.9. The Morgan fingerprint density at radius 2 is 2.00 bits per heavy atom. The number of likely N-dealkylation sites (N-methyl/N-ethyl adjacent to an activating group) is 1. The average molecular weight is 266 g/mol. The van der Waals surface area contributed by atoms with Crippen LogP contribution in [0, 0.1) is 5.82 Å². The third-order valence-corrected chi connectivity index (χ3v) is 3.01. The summed E-state index contributed by atoms with van der Waals surface area (Å²) < 4.78 is 13.6. The highest BCUT2D eigenvalue weighted by molar-refractivity contribution is 5.87. The molecule has 0 saturated heterocycles. The van der Waals surface area contributed by atoms with Gasteiger partial charge in [0.2, 0.25) is 11.8 Å². The van der Waals surface area contributed by atoms with Gasteiger partial charge in [0, 0.05) is 25.6 Å². The van der Waals surface area contributed by atoms with Crippen molar-refractivity contribution in [2.24, 2.45) is 0 Å². The van der Waals surface area contributed by atoms with Gasteiger partial charge in [0.15, 0.2) is 0 Å². The molecule has 1 N–H and O–H groups in total. The summed E-state index contributed by atoms with van der Waals surface area (Å²) in [6, 6.07) is 5.62. The molecule has 2 amide bonds. The van der Waals surface area contributed by atoms with E-state index in [1.54, 1.807) is 32.0 Å². The minimum absolute atomic E-state index is 0.0912. The Morgan fingerprint density at radius 1 is 1.37 bits per heavy atom. The summed E-state index contributed by atoms with van der Waals surface area (Å²) in [5.74, 6) is -0.821. The molecule has 0 unspecified atom stereocenters. The maximum atomic E-state index is 13.6. The summed E-state index contributed by atoms with van der Waals surface area (Å²) in [6.45, 7) is 3.44. The minimum atomic E-state index is -0.628. The summed E-state index contributed by atoms with van der Waals surface area (Å²) in [7, 11) is 1.51. The van der Waals surface area contributed by atoms with Crippen molar-refractivity contribution in [3.05, 3.63) is 35.6 Å². The summed E-state index contributed by atoms with van der Waals surface area (Å²) in [5.41, 5.74) is 0.403. The number of rotatable bonds is 5. The molecule has 5 heteroatoms. The van der Waals surface area contributed by atoms with Gasteiger partial charge in [-0.3, -0.25) is 9.59 Å². The Hall–Kier alpha value is -1.91. The van der Waals surface area contributed by atoms with Crippen molar-refractivity contribution in [1.82, 2.24) is 10.2 Å². The number of carbonyl (C=O) groups excluding carboxylic acids is 2. The number of carbonyl (C=O) groups is 2. The lowest BCUT2D eigenvalue weighted by atomic mass is 10.1. The lowest BCUT2D eigenvalue weighted by molar-refractivity contribution is -0.140. The topological polar surface area (TPSA) is 49.4 Å². The van der Waals surface area contributed by atoms with E-state index >= 15 is 0 Å². The number of halogens is 1. The Morgan fingerprint density at radius 3 is 2.53 bits per heavy atom. The van der Waals surface area contributed by atoms with Crippen LogP contribution in [-0.2, 0) is 16.1 Å². The molecule has 0 aliphatic carbocycles. The molecule has 0 bridgehead atoms. The van der Waals surface area contributed by atoms with Gasteiger partial charge in [-0.05, 0) is 13.0 Å². The highest BCUT2D eigenvalue weighted by atomic mass is 19.1. The highest BCUT2D eigenvalue weighted by Crippen LogP contribution is 2.13. The van der Waals surface area contributed by atoms with Crippen LogP contribution in [0.4, 0.5) is 4.39 Å². The molecule has 0 heterocycles. The Kier molecular flexibility index (Phi) is 5.48. The van der Waals surface area contributed by atoms with E-state index in [9.17, 15) is 14.0 Å². The van der Waals surface area contributed by atoms with Gasteiger partial charge in [-0.1, -0.05) is 25.1 Å². The Bertz CT molecular complexity index is 463. The van der Waals surface area contributed by atoms with Crippen molar-refractivity contribution in [2.45, 2.75) is 32.9 Å². The van der Waals surface area contributed by atoms with Crippen LogP contribution >= 0.6 is 0 Å². The number of hydrogen-bond acceptors (Lipinski definition) is 2. The van der Waals surface area contributed by atoms with Crippen molar-refractivity contribution in [2.75, 3.05) is 7.05 Å². The second-order valence-electron chi connectivity index (χ2n) is 4.26. The van der Waals surface area contributed by atoms with Gasteiger partial charge in [0.1, 0.15) is 11.9 Å². The van der Waals surface area contributed by atoms with E-state index in [1.165, 1.54) is 18.0 Å². The van der Waals surface area contributed by atoms with Crippen molar-refractivity contribution in [3.63, 3.8) is 0 Å². The van der Waals surface area contributed by atoms with Gasteiger partial charge >= 0.3 is 0 Å². The second kappa shape index (κ2) is 6.87. The van der Waals surface area contributed by atoms with Crippen molar-refractivity contribution in [1.29, 1.82) is 0 Å². The van der Waals surface area contributed by atoms with Crippen LogP contribution in [0.3, 0.4) is 0 Å². The predicted molar refractivity (Wildman–Crippen MR) is 70.8 cm³/mol. The van der Waals surface area contributed by atoms with Gasteiger partial charge in [-0.25, -0.2) is 4.39 Å². The fourth-order valence-electron chi connectivity index (χ4n) is 1.80. The Balaban J connectivity index is 2.96. The smallest absolute Gasteiger partial charge is 0.242 e. The zero-order valence-corrected chi connectivity index (χ0v) is 11.4. The van der Waals surface area contributed by atoms with Crippen LogP contribution in [0.15, 0.2) is 24.3 Å². The summed E-state index contributed by atoms with van der Waals surface area (Å²) in [5, 5.41) is 2.50. The van der Waals surface area contributed by atoms with Crippen LogP contribution in [0.25, 0.3) is 0 Å². The van der Waals surface area contributed by atoms with Crippen LogP contribution in [0.2, 0.25) is 0 Å². The van der Waals surface area contributed by atoms with Crippen LogP contribution in [-0.4, -0.2) is 29.8 Å². The molecule has 4 nitrogen and oxygen atoms in total. The molecule has 0 saturated carbocycles. The molecule has 104 valence electrons. The molecule has 1 rings (SSSR count). The first kappa shape index (κ1) is 15.1. The van der Waals surface area contributed by atoms with E-state index in [0.29, 0.717) is 5.56 Å². The number of nitrogens with one attached hydrogen (secondary N) is 1. The third-order valence-electron chi connectivity index (χ3n) is 3.01. The maximum Gasteiger partial charge on any atom is 0.242 e. The van der Waals surface area contributed by atoms with Gasteiger partial charge in [0.25, 0.3) is 0 Å². The number of amides is 2. The second-order valence-corrected chi connectivity index (χ2v) is 4.26. The van der Waals surface area contributed by atoms with Gasteiger partial charge < -0.3 is 10.2 Å². The lowest BCUT2D eigenvalue weighted by Crippen LogP contribution is -2.46. The first-order valence-corrected chi connectivity index (χ1v) is 6.25. The molecule has 1 aromatic rings. The summed E-state index contributed by atoms with van der Waals surface area (Å²) >= 11 is 0. The molecule has 19 heavy (non-hydrogen) atoms. The molecule has 1 aromatic carbocycles. The molecule has 0 aliphatic rings. The lowest BCUT2D eigenvalue weighted by Gasteiger charge is -2.28. The quantitative estimate of drug-likeness (QED) is 0.882. The zero-order valence-electron chi connectivity index (χ0n) is 11.4. The first-order valence-electron chi connectivity index (χ1n) is 6.25. The standard InChI is InChI=1S/C14H19FN2O2/c1-4-13(18)17(10(2)14(19)16-3)9-11-7-5-6-8-12(11)15/h5-8,10H,4,9H2,1-3H3,(H,16,19)/t10-/m0/s1. The largest absolute Gasteiger partial charge is 0.357 e. The fourth-order valence-corrected chi connectivity index (χ4v) is 1.80. The van der Waals surface area contributed by atoms with Gasteiger partial charge in [-0.2, -0.15) is 0 Å². The minimum Gasteiger partial charge on any atom is -0.357 e. The Labute approximate surface area is 112 Å². The monoisotopic (exact) mass is 266 g/mol. The van der Waals surface area contributed by atoms with E-state index < -0.39 is 6.04 Å². The van der Waals surface area contributed by atoms with Crippen LogP contribution < -0.4 is 5.32 Å². The van der Waals surface area contributed by atoms with Gasteiger partial charge in [-0.15, -0.1) is 0 Å². The molecule has 0 spiro atoms. The highest BCUT2D eigenvalue weighted by Gasteiger charge is 2.24. The van der Waals surface area contributed by atoms with Gasteiger partial charge in [0.05, 0.1) is 0 Å². The zero-order chi connectivity index (χ0) is 14.4. The molecule has 1 atom stereocenters. The van der Waals surface area contributed by atoms with Crippen molar-refractivity contribution in [3.8, 4) is 0 Å². The van der Waals surface area contributed by atoms with E-state index in [0.717, 1.165) is 0 Å². The van der Waals surface area contributed by atoms with E-state index in [1.807, 2.05) is 0 Å². The summed E-state index contributed by atoms with van der Waals surface area (Å²) in [6.07, 6.45) is 0.274. The van der Waals surface area contributed by atoms with E-state index in [4.69, 9.17) is 0 Å². The van der Waals surface area contributed by atoms with E-state index in [-0.39, 0.29) is 30.6 Å². The molecule has 0 aromatic heterocycles. The normalized spacial score (nSPS) is 11.8. The molecule has 0 fully saturated rings. The fraction of sp³-hybridized carbons (Fsp3) is 0.429. The van der Waals surface area contributed by atoms with Crippen LogP contribution in [0.5, 0.6) is 0 Å². The predicted octanol–water partition coefficient (Wildman–Crippen LogP) is 1.70. The van der Waals surface area contributed by atoms with Crippen molar-refractivity contribution >= 4 is 11.8 Å². The molecular weight excluding hydrogens is 247 g/mol.